The molecule has 1 heterocycles. The normalized spacial score (nSPS) is 10.1. The first-order chi connectivity index (χ1) is 7.68. The van der Waals surface area contributed by atoms with Crippen LogP contribution in [0, 0.1) is 5.82 Å². The van der Waals surface area contributed by atoms with Gasteiger partial charge in [0.15, 0.2) is 0 Å². The Balaban J connectivity index is 2.28. The number of hydrogen-bond acceptors (Lipinski definition) is 4. The molecule has 0 unspecified atom stereocenters. The number of hydrogen-bond donors (Lipinski definition) is 1. The zero-order chi connectivity index (χ0) is 11.5. The minimum atomic E-state index is -0.672. The number of carbonyl (C=O) groups is 1. The zero-order valence-electron chi connectivity index (χ0n) is 7.78. The Kier molecular flexibility index (Phi) is 3.12. The monoisotopic (exact) mass is 257 g/mol. The summed E-state index contributed by atoms with van der Waals surface area (Å²) in [6, 6.07) is 4.04. The molecule has 2 rings (SSSR count). The highest BCUT2D eigenvalue weighted by molar-refractivity contribution is 7.09. The summed E-state index contributed by atoms with van der Waals surface area (Å²) in [6.07, 6.45) is 1.29. The SMILES string of the molecule is O=C(Nc1ncns1)c1c(F)cccc1Cl. The zero-order valence-corrected chi connectivity index (χ0v) is 9.35. The predicted octanol–water partition coefficient (Wildman–Crippen LogP) is 2.58. The average Bonchev–Trinajstić information content (AvgIpc) is 2.70. The molecule has 0 bridgehead atoms. The van der Waals surface area contributed by atoms with Crippen molar-refractivity contribution in [2.75, 3.05) is 5.32 Å². The first-order valence-electron chi connectivity index (χ1n) is 4.20. The third-order valence-corrected chi connectivity index (χ3v) is 2.67. The van der Waals surface area contributed by atoms with Crippen LogP contribution in [0.2, 0.25) is 5.02 Å². The highest BCUT2D eigenvalue weighted by Gasteiger charge is 2.16. The number of aromatic nitrogens is 2. The van der Waals surface area contributed by atoms with E-state index in [4.69, 9.17) is 11.6 Å². The van der Waals surface area contributed by atoms with E-state index in [1.54, 1.807) is 0 Å². The number of halogens is 2. The van der Waals surface area contributed by atoms with E-state index < -0.39 is 11.7 Å². The smallest absolute Gasteiger partial charge is 0.261 e. The molecule has 0 saturated carbocycles. The second-order valence-electron chi connectivity index (χ2n) is 2.80. The molecule has 0 saturated heterocycles. The molecule has 16 heavy (non-hydrogen) atoms. The van der Waals surface area contributed by atoms with Crippen molar-refractivity contribution in [1.82, 2.24) is 9.36 Å². The molecular formula is C9H5ClFN3OS. The Bertz CT molecular complexity index is 497. The molecule has 0 atom stereocenters. The molecule has 4 nitrogen and oxygen atoms in total. The van der Waals surface area contributed by atoms with Crippen molar-refractivity contribution in [3.63, 3.8) is 0 Å². The first-order valence-corrected chi connectivity index (χ1v) is 5.35. The molecular weight excluding hydrogens is 253 g/mol. The first kappa shape index (κ1) is 11.0. The van der Waals surface area contributed by atoms with E-state index in [-0.39, 0.29) is 10.6 Å². The van der Waals surface area contributed by atoms with E-state index >= 15 is 0 Å². The van der Waals surface area contributed by atoms with Gasteiger partial charge in [0.1, 0.15) is 12.1 Å². The topological polar surface area (TPSA) is 54.9 Å². The summed E-state index contributed by atoms with van der Waals surface area (Å²) in [5.74, 6) is -1.31. The van der Waals surface area contributed by atoms with Crippen molar-refractivity contribution in [3.05, 3.63) is 40.9 Å². The molecule has 2 aromatic rings. The Hall–Kier alpha value is -1.53. The van der Waals surface area contributed by atoms with Crippen LogP contribution in [-0.4, -0.2) is 15.3 Å². The van der Waals surface area contributed by atoms with Crippen molar-refractivity contribution in [3.8, 4) is 0 Å². The number of anilines is 1. The van der Waals surface area contributed by atoms with Crippen LogP contribution < -0.4 is 5.32 Å². The number of nitrogens with zero attached hydrogens (tertiary/aromatic N) is 2. The maximum atomic E-state index is 13.4. The van der Waals surface area contributed by atoms with E-state index in [0.29, 0.717) is 5.13 Å². The number of nitrogens with one attached hydrogen (secondary N) is 1. The summed E-state index contributed by atoms with van der Waals surface area (Å²) in [5.41, 5.74) is -0.195. The van der Waals surface area contributed by atoms with Crippen molar-refractivity contribution in [2.45, 2.75) is 0 Å². The third kappa shape index (κ3) is 2.17. The Morgan fingerprint density at radius 1 is 1.50 bits per heavy atom. The van der Waals surface area contributed by atoms with E-state index in [1.807, 2.05) is 0 Å². The standard InChI is InChI=1S/C9H5ClFN3OS/c10-5-2-1-3-6(11)7(5)8(15)14-9-12-4-13-16-9/h1-4H,(H,12,13,14,15). The highest BCUT2D eigenvalue weighted by atomic mass is 35.5. The van der Waals surface area contributed by atoms with E-state index in [9.17, 15) is 9.18 Å². The van der Waals surface area contributed by atoms with Gasteiger partial charge in [-0.3, -0.25) is 10.1 Å². The molecule has 1 aromatic carbocycles. The lowest BCUT2D eigenvalue weighted by molar-refractivity contribution is 0.102. The van der Waals surface area contributed by atoms with Crippen LogP contribution in [0.5, 0.6) is 0 Å². The van der Waals surface area contributed by atoms with Gasteiger partial charge in [0.25, 0.3) is 5.91 Å². The second-order valence-corrected chi connectivity index (χ2v) is 3.98. The molecule has 0 fully saturated rings. The van der Waals surface area contributed by atoms with Gasteiger partial charge >= 0.3 is 0 Å². The summed E-state index contributed by atoms with van der Waals surface area (Å²) < 4.78 is 17.1. The van der Waals surface area contributed by atoms with Crippen LogP contribution in [0.4, 0.5) is 9.52 Å². The average molecular weight is 258 g/mol. The van der Waals surface area contributed by atoms with Gasteiger partial charge in [-0.25, -0.2) is 9.37 Å². The maximum absolute atomic E-state index is 13.4. The number of carbonyl (C=O) groups excluding carboxylic acids is 1. The largest absolute Gasteiger partial charge is 0.296 e. The summed E-state index contributed by atoms with van der Waals surface area (Å²) in [5, 5.41) is 2.75. The van der Waals surface area contributed by atoms with Crippen molar-refractivity contribution < 1.29 is 9.18 Å². The van der Waals surface area contributed by atoms with Gasteiger partial charge in [0.2, 0.25) is 5.13 Å². The summed E-state index contributed by atoms with van der Waals surface area (Å²) in [4.78, 5) is 15.4. The Morgan fingerprint density at radius 3 is 2.94 bits per heavy atom. The number of benzene rings is 1. The summed E-state index contributed by atoms with van der Waals surface area (Å²) in [6.45, 7) is 0. The van der Waals surface area contributed by atoms with Gasteiger partial charge in [-0.15, -0.1) is 0 Å². The molecule has 0 radical (unpaired) electrons. The summed E-state index contributed by atoms with van der Waals surface area (Å²) in [7, 11) is 0. The number of rotatable bonds is 2. The van der Waals surface area contributed by atoms with Gasteiger partial charge in [0, 0.05) is 11.5 Å². The molecule has 1 N–H and O–H groups in total. The fourth-order valence-corrected chi connectivity index (χ4v) is 1.78. The van der Waals surface area contributed by atoms with Gasteiger partial charge in [-0.2, -0.15) is 4.37 Å². The lowest BCUT2D eigenvalue weighted by Gasteiger charge is -2.04. The third-order valence-electron chi connectivity index (χ3n) is 1.77. The van der Waals surface area contributed by atoms with Gasteiger partial charge in [0.05, 0.1) is 10.6 Å². The predicted molar refractivity (Wildman–Crippen MR) is 59.3 cm³/mol. The maximum Gasteiger partial charge on any atom is 0.261 e. The van der Waals surface area contributed by atoms with Crippen LogP contribution in [0.25, 0.3) is 0 Å². The quantitative estimate of drug-likeness (QED) is 0.900. The van der Waals surface area contributed by atoms with Gasteiger partial charge in [-0.05, 0) is 12.1 Å². The van der Waals surface area contributed by atoms with Crippen LogP contribution in [-0.2, 0) is 0 Å². The second kappa shape index (κ2) is 4.54. The highest BCUT2D eigenvalue weighted by Crippen LogP contribution is 2.20. The van der Waals surface area contributed by atoms with Crippen molar-refractivity contribution in [1.29, 1.82) is 0 Å². The van der Waals surface area contributed by atoms with E-state index in [0.717, 1.165) is 11.5 Å². The van der Waals surface area contributed by atoms with E-state index in [2.05, 4.69) is 14.7 Å². The minimum Gasteiger partial charge on any atom is -0.296 e. The van der Waals surface area contributed by atoms with Crippen molar-refractivity contribution in [2.24, 2.45) is 0 Å². The molecule has 82 valence electrons. The van der Waals surface area contributed by atoms with Crippen molar-refractivity contribution >= 4 is 34.2 Å². The van der Waals surface area contributed by atoms with Crippen LogP contribution in [0.3, 0.4) is 0 Å². The molecule has 0 spiro atoms. The fourth-order valence-electron chi connectivity index (χ4n) is 1.10. The minimum absolute atomic E-state index is 0.0574. The van der Waals surface area contributed by atoms with Crippen LogP contribution in [0.15, 0.2) is 24.5 Å². The van der Waals surface area contributed by atoms with Gasteiger partial charge in [-0.1, -0.05) is 17.7 Å². The molecule has 7 heteroatoms. The Labute approximate surface area is 99.3 Å². The molecule has 0 aliphatic carbocycles. The molecule has 0 aliphatic rings. The molecule has 1 amide bonds. The lowest BCUT2D eigenvalue weighted by atomic mass is 10.2. The Morgan fingerprint density at radius 2 is 2.31 bits per heavy atom. The molecule has 1 aromatic heterocycles. The summed E-state index contributed by atoms with van der Waals surface area (Å²) >= 11 is 6.73. The fraction of sp³-hybridized carbons (Fsp3) is 0. The van der Waals surface area contributed by atoms with Gasteiger partial charge < -0.3 is 0 Å². The van der Waals surface area contributed by atoms with Crippen LogP contribution in [0.1, 0.15) is 10.4 Å². The molecule has 0 aliphatic heterocycles. The van der Waals surface area contributed by atoms with E-state index in [1.165, 1.54) is 24.5 Å². The lowest BCUT2D eigenvalue weighted by Crippen LogP contribution is -2.14. The van der Waals surface area contributed by atoms with Crippen LogP contribution >= 0.6 is 23.1 Å². The number of amides is 1.